The molecule has 2 heterocycles. The van der Waals surface area contributed by atoms with Crippen LogP contribution >= 0.6 is 0 Å². The Labute approximate surface area is 179 Å². The van der Waals surface area contributed by atoms with Gasteiger partial charge in [0.05, 0.1) is 18.1 Å². The summed E-state index contributed by atoms with van der Waals surface area (Å²) >= 11 is 0. The van der Waals surface area contributed by atoms with Gasteiger partial charge in [-0.2, -0.15) is 4.31 Å². The molecular weight excluding hydrogens is 414 g/mol. The second kappa shape index (κ2) is 7.96. The first kappa shape index (κ1) is 20.0. The molecule has 1 aliphatic carbocycles. The first-order valence-corrected chi connectivity index (χ1v) is 11.7. The first-order valence-electron chi connectivity index (χ1n) is 10.3. The van der Waals surface area contributed by atoms with E-state index >= 15 is 0 Å². The smallest absolute Gasteiger partial charge is 0.272 e. The Bertz CT molecular complexity index is 1390. The van der Waals surface area contributed by atoms with Crippen LogP contribution in [0.15, 0.2) is 70.5 Å². The molecule has 0 spiro atoms. The summed E-state index contributed by atoms with van der Waals surface area (Å²) in [6, 6.07) is 16.5. The van der Waals surface area contributed by atoms with E-state index in [-0.39, 0.29) is 16.5 Å². The van der Waals surface area contributed by atoms with Crippen LogP contribution in [-0.4, -0.2) is 41.9 Å². The topological polar surface area (TPSA) is 95.3 Å². The highest BCUT2D eigenvalue weighted by Gasteiger charge is 2.38. The third kappa shape index (κ3) is 3.89. The molecule has 2 aromatic carbocycles. The maximum Gasteiger partial charge on any atom is 0.272 e. The van der Waals surface area contributed by atoms with Crippen LogP contribution in [0.25, 0.3) is 21.8 Å². The van der Waals surface area contributed by atoms with Crippen LogP contribution in [0.2, 0.25) is 0 Å². The number of aromatic amines is 2. The molecule has 0 radical (unpaired) electrons. The molecule has 0 atom stereocenters. The van der Waals surface area contributed by atoms with Gasteiger partial charge in [-0.3, -0.25) is 4.79 Å². The van der Waals surface area contributed by atoms with Gasteiger partial charge in [0.1, 0.15) is 5.52 Å². The minimum atomic E-state index is -3.69. The number of fused-ring (bicyclic) bond motifs is 3. The Morgan fingerprint density at radius 1 is 1.03 bits per heavy atom. The van der Waals surface area contributed by atoms with E-state index < -0.39 is 10.0 Å². The summed E-state index contributed by atoms with van der Waals surface area (Å²) in [7, 11) is -3.69. The molecule has 0 aliphatic heterocycles. The van der Waals surface area contributed by atoms with E-state index in [0.29, 0.717) is 41.6 Å². The Morgan fingerprint density at radius 3 is 2.61 bits per heavy atom. The Morgan fingerprint density at radius 2 is 1.84 bits per heavy atom. The van der Waals surface area contributed by atoms with Gasteiger partial charge in [-0.25, -0.2) is 8.42 Å². The number of sulfonamides is 1. The van der Waals surface area contributed by atoms with Crippen molar-refractivity contribution in [3.63, 3.8) is 0 Å². The highest BCUT2D eigenvalue weighted by molar-refractivity contribution is 7.89. The molecule has 2 aromatic heterocycles. The molecule has 5 rings (SSSR count). The number of H-pyrrole nitrogens is 2. The number of nitrogens with zero attached hydrogens (tertiary/aromatic N) is 1. The minimum Gasteiger partial charge on any atom is -0.375 e. The van der Waals surface area contributed by atoms with Crippen molar-refractivity contribution in [2.24, 2.45) is 0 Å². The molecule has 31 heavy (non-hydrogen) atoms. The zero-order valence-electron chi connectivity index (χ0n) is 16.9. The molecule has 1 aliphatic rings. The Balaban J connectivity index is 1.40. The summed E-state index contributed by atoms with van der Waals surface area (Å²) in [4.78, 5) is 18.1. The molecule has 1 saturated carbocycles. The average molecular weight is 438 g/mol. The SMILES string of the molecule is O=c1[nH]c2ccc(S(=O)(=O)N(CCOCc3ccccc3)C3CC3)cc2c2cc[nH]c12. The van der Waals surface area contributed by atoms with Crippen molar-refractivity contribution in [2.45, 2.75) is 30.4 Å². The zero-order chi connectivity index (χ0) is 21.4. The summed E-state index contributed by atoms with van der Waals surface area (Å²) in [6.45, 7) is 1.09. The van der Waals surface area contributed by atoms with Crippen molar-refractivity contribution in [2.75, 3.05) is 13.2 Å². The Hall–Kier alpha value is -2.94. The third-order valence-corrected chi connectivity index (χ3v) is 7.58. The minimum absolute atomic E-state index is 0.0175. The maximum absolute atomic E-state index is 13.5. The maximum atomic E-state index is 13.5. The normalized spacial score (nSPS) is 14.6. The number of benzene rings is 2. The highest BCUT2D eigenvalue weighted by Crippen LogP contribution is 2.33. The summed E-state index contributed by atoms with van der Waals surface area (Å²) in [5, 5.41) is 1.41. The van der Waals surface area contributed by atoms with Crippen LogP contribution in [0.4, 0.5) is 0 Å². The fourth-order valence-corrected chi connectivity index (χ4v) is 5.59. The molecule has 2 N–H and O–H groups in total. The van der Waals surface area contributed by atoms with Gasteiger partial charge in [-0.05, 0) is 42.7 Å². The van der Waals surface area contributed by atoms with Gasteiger partial charge in [0.15, 0.2) is 0 Å². The van der Waals surface area contributed by atoms with Crippen LogP contribution in [0.3, 0.4) is 0 Å². The standard InChI is InChI=1S/C23H23N3O4S/c27-23-22-19(10-11-24-22)20-14-18(8-9-21(20)25-23)31(28,29)26(17-6-7-17)12-13-30-15-16-4-2-1-3-5-16/h1-5,8-11,14,17,24H,6-7,12-13,15H2,(H,25,27). The average Bonchev–Trinajstić information content (AvgIpc) is 3.47. The number of aromatic nitrogens is 2. The van der Waals surface area contributed by atoms with Crippen molar-refractivity contribution < 1.29 is 13.2 Å². The predicted molar refractivity (Wildman–Crippen MR) is 119 cm³/mol. The van der Waals surface area contributed by atoms with E-state index in [1.165, 1.54) is 0 Å². The van der Waals surface area contributed by atoms with Gasteiger partial charge >= 0.3 is 0 Å². The van der Waals surface area contributed by atoms with Gasteiger partial charge in [-0.15, -0.1) is 0 Å². The molecule has 0 saturated heterocycles. The number of pyridine rings is 1. The van der Waals surface area contributed by atoms with Crippen LogP contribution in [0, 0.1) is 0 Å². The van der Waals surface area contributed by atoms with Gasteiger partial charge in [0.25, 0.3) is 5.56 Å². The lowest BCUT2D eigenvalue weighted by Gasteiger charge is -2.22. The Kier molecular flexibility index (Phi) is 5.13. The lowest BCUT2D eigenvalue weighted by atomic mass is 10.1. The fraction of sp³-hybridized carbons (Fsp3) is 0.261. The van der Waals surface area contributed by atoms with E-state index in [0.717, 1.165) is 18.4 Å². The second-order valence-corrected chi connectivity index (χ2v) is 9.70. The summed E-state index contributed by atoms with van der Waals surface area (Å²) < 4.78 is 34.2. The summed E-state index contributed by atoms with van der Waals surface area (Å²) in [5.74, 6) is 0. The van der Waals surface area contributed by atoms with Crippen molar-refractivity contribution in [1.82, 2.24) is 14.3 Å². The summed E-state index contributed by atoms with van der Waals surface area (Å²) in [5.41, 5.74) is 1.89. The van der Waals surface area contributed by atoms with E-state index in [1.54, 1.807) is 34.8 Å². The lowest BCUT2D eigenvalue weighted by Crippen LogP contribution is -2.36. The van der Waals surface area contributed by atoms with Crippen molar-refractivity contribution in [3.8, 4) is 0 Å². The van der Waals surface area contributed by atoms with Crippen molar-refractivity contribution in [1.29, 1.82) is 0 Å². The predicted octanol–water partition coefficient (Wildman–Crippen LogP) is 3.38. The number of hydrogen-bond acceptors (Lipinski definition) is 4. The molecular formula is C23H23N3O4S. The largest absolute Gasteiger partial charge is 0.375 e. The quantitative estimate of drug-likeness (QED) is 0.413. The molecule has 1 fully saturated rings. The highest BCUT2D eigenvalue weighted by atomic mass is 32.2. The molecule has 0 amide bonds. The van der Waals surface area contributed by atoms with Gasteiger partial charge in [0, 0.05) is 35.1 Å². The van der Waals surface area contributed by atoms with Gasteiger partial charge in [0.2, 0.25) is 10.0 Å². The number of hydrogen-bond donors (Lipinski definition) is 2. The first-order chi connectivity index (χ1) is 15.0. The van der Waals surface area contributed by atoms with E-state index in [9.17, 15) is 13.2 Å². The van der Waals surface area contributed by atoms with Crippen LogP contribution < -0.4 is 5.56 Å². The van der Waals surface area contributed by atoms with Crippen LogP contribution in [0.1, 0.15) is 18.4 Å². The van der Waals surface area contributed by atoms with Gasteiger partial charge in [-0.1, -0.05) is 30.3 Å². The van der Waals surface area contributed by atoms with E-state index in [2.05, 4.69) is 9.97 Å². The number of nitrogens with one attached hydrogen (secondary N) is 2. The van der Waals surface area contributed by atoms with Crippen LogP contribution in [-0.2, 0) is 21.4 Å². The van der Waals surface area contributed by atoms with Gasteiger partial charge < -0.3 is 14.7 Å². The fourth-order valence-electron chi connectivity index (χ4n) is 3.90. The number of ether oxygens (including phenoxy) is 1. The van der Waals surface area contributed by atoms with Crippen molar-refractivity contribution in [3.05, 3.63) is 76.7 Å². The third-order valence-electron chi connectivity index (χ3n) is 5.63. The van der Waals surface area contributed by atoms with E-state index in [1.807, 2.05) is 30.3 Å². The molecule has 160 valence electrons. The van der Waals surface area contributed by atoms with Crippen LogP contribution in [0.5, 0.6) is 0 Å². The van der Waals surface area contributed by atoms with Crippen molar-refractivity contribution >= 4 is 31.8 Å². The monoisotopic (exact) mass is 437 g/mol. The number of rotatable bonds is 8. The molecule has 8 heteroatoms. The second-order valence-electron chi connectivity index (χ2n) is 7.81. The molecule has 4 aromatic rings. The lowest BCUT2D eigenvalue weighted by molar-refractivity contribution is 0.109. The summed E-state index contributed by atoms with van der Waals surface area (Å²) in [6.07, 6.45) is 3.41. The van der Waals surface area contributed by atoms with E-state index in [4.69, 9.17) is 4.74 Å². The molecule has 7 nitrogen and oxygen atoms in total. The molecule has 0 unspecified atom stereocenters. The zero-order valence-corrected chi connectivity index (χ0v) is 17.7. The molecule has 0 bridgehead atoms.